The molecule has 0 fully saturated rings. The van der Waals surface area contributed by atoms with E-state index in [0.717, 1.165) is 36.2 Å². The Balaban J connectivity index is 1.38. The lowest BCUT2D eigenvalue weighted by Crippen LogP contribution is -1.97. The minimum absolute atomic E-state index is 0.647. The summed E-state index contributed by atoms with van der Waals surface area (Å²) in [6.07, 6.45) is 14.1. The number of aromatic nitrogens is 2. The molecule has 1 aromatic heterocycles. The zero-order valence-corrected chi connectivity index (χ0v) is 15.0. The number of unbranched alkanes of at least 4 members (excludes halogenated alkanes) is 9. The Bertz CT molecular complexity index is 648. The van der Waals surface area contributed by atoms with Gasteiger partial charge in [0.2, 0.25) is 0 Å². The van der Waals surface area contributed by atoms with Crippen molar-refractivity contribution in [3.05, 3.63) is 35.0 Å². The van der Waals surface area contributed by atoms with Gasteiger partial charge in [-0.3, -0.25) is 0 Å². The quantitative estimate of drug-likeness (QED) is 0.193. The Labute approximate surface area is 149 Å². The molecule has 136 valence electrons. The van der Waals surface area contributed by atoms with Gasteiger partial charge >= 0.3 is 0 Å². The summed E-state index contributed by atoms with van der Waals surface area (Å²) in [6, 6.07) is 5.97. The number of ether oxygens (including phenoxy) is 1. The summed E-state index contributed by atoms with van der Waals surface area (Å²) >= 11 is 0. The van der Waals surface area contributed by atoms with Crippen LogP contribution in [0.3, 0.4) is 0 Å². The Morgan fingerprint density at radius 1 is 0.960 bits per heavy atom. The molecule has 0 saturated carbocycles. The lowest BCUT2D eigenvalue weighted by atomic mass is 10.1. The van der Waals surface area contributed by atoms with E-state index >= 15 is 0 Å². The normalized spacial score (nSPS) is 10.7. The van der Waals surface area contributed by atoms with Gasteiger partial charge in [-0.2, -0.15) is 0 Å². The largest absolute Gasteiger partial charge is 0.494 e. The van der Waals surface area contributed by atoms with Crippen molar-refractivity contribution in [2.45, 2.75) is 64.2 Å². The molecule has 0 atom stereocenters. The van der Waals surface area contributed by atoms with E-state index in [1.165, 1.54) is 51.4 Å². The van der Waals surface area contributed by atoms with Crippen LogP contribution in [0.4, 0.5) is 0 Å². The van der Waals surface area contributed by atoms with Crippen LogP contribution in [-0.2, 0) is 0 Å². The monoisotopic (exact) mass is 343 g/mol. The van der Waals surface area contributed by atoms with E-state index in [4.69, 9.17) is 10.3 Å². The van der Waals surface area contributed by atoms with E-state index in [1.807, 2.05) is 18.2 Å². The third kappa shape index (κ3) is 7.94. The van der Waals surface area contributed by atoms with E-state index in [-0.39, 0.29) is 0 Å². The number of fused-ring (bicyclic) bond motifs is 1. The van der Waals surface area contributed by atoms with Crippen molar-refractivity contribution in [3.8, 4) is 5.75 Å². The lowest BCUT2D eigenvalue weighted by molar-refractivity contribution is 0.304. The summed E-state index contributed by atoms with van der Waals surface area (Å²) in [5, 5.41) is 3.55. The van der Waals surface area contributed by atoms with Gasteiger partial charge in [-0.15, -0.1) is 0 Å². The summed E-state index contributed by atoms with van der Waals surface area (Å²) in [4.78, 5) is 10.1. The van der Waals surface area contributed by atoms with Gasteiger partial charge in [0.05, 0.1) is 24.0 Å². The van der Waals surface area contributed by atoms with Crippen LogP contribution in [0.15, 0.2) is 29.6 Å². The van der Waals surface area contributed by atoms with Crippen LogP contribution in [-0.4, -0.2) is 23.1 Å². The first-order valence-electron chi connectivity index (χ1n) is 9.47. The Hall–Kier alpha value is -2.20. The number of hydrogen-bond donors (Lipinski definition) is 1. The van der Waals surface area contributed by atoms with Crippen molar-refractivity contribution in [1.29, 1.82) is 0 Å². The fourth-order valence-electron chi connectivity index (χ4n) is 2.94. The molecule has 6 nitrogen and oxygen atoms in total. The molecule has 0 aliphatic carbocycles. The number of hydrogen-bond acceptors (Lipinski definition) is 3. The highest BCUT2D eigenvalue weighted by atomic mass is 16.5. The molecule has 0 unspecified atom stereocenters. The van der Waals surface area contributed by atoms with Gasteiger partial charge in [0, 0.05) is 17.5 Å². The van der Waals surface area contributed by atoms with Gasteiger partial charge in [-0.25, -0.2) is 4.98 Å². The number of azide groups is 1. The van der Waals surface area contributed by atoms with Gasteiger partial charge < -0.3 is 9.72 Å². The summed E-state index contributed by atoms with van der Waals surface area (Å²) in [5.74, 6) is 0.914. The fourth-order valence-corrected chi connectivity index (χ4v) is 2.94. The van der Waals surface area contributed by atoms with Crippen molar-refractivity contribution < 1.29 is 4.74 Å². The summed E-state index contributed by atoms with van der Waals surface area (Å²) in [5.41, 5.74) is 10.2. The van der Waals surface area contributed by atoms with Crippen molar-refractivity contribution in [2.75, 3.05) is 13.2 Å². The van der Waals surface area contributed by atoms with E-state index in [9.17, 15) is 0 Å². The summed E-state index contributed by atoms with van der Waals surface area (Å²) in [6.45, 7) is 1.43. The van der Waals surface area contributed by atoms with Gasteiger partial charge in [-0.1, -0.05) is 56.5 Å². The average molecular weight is 343 g/mol. The first-order chi connectivity index (χ1) is 12.4. The second-order valence-electron chi connectivity index (χ2n) is 6.42. The zero-order valence-electron chi connectivity index (χ0n) is 15.0. The van der Waals surface area contributed by atoms with Gasteiger partial charge in [0.1, 0.15) is 5.75 Å². The maximum atomic E-state index is 8.18. The predicted octanol–water partition coefficient (Wildman–Crippen LogP) is 6.15. The SMILES string of the molecule is [N-]=[N+]=NCCCCCCCCCCCCOc1ccc2nc[nH]c2c1. The van der Waals surface area contributed by atoms with E-state index in [1.54, 1.807) is 6.33 Å². The fraction of sp³-hybridized carbons (Fsp3) is 0.632. The smallest absolute Gasteiger partial charge is 0.121 e. The number of H-pyrrole nitrogens is 1. The minimum Gasteiger partial charge on any atom is -0.494 e. The molecule has 2 aromatic rings. The first-order valence-corrected chi connectivity index (χ1v) is 9.47. The molecule has 0 saturated heterocycles. The molecule has 1 N–H and O–H groups in total. The van der Waals surface area contributed by atoms with E-state index < -0.39 is 0 Å². The lowest BCUT2D eigenvalue weighted by Gasteiger charge is -2.06. The molecule has 0 bridgehead atoms. The Morgan fingerprint density at radius 3 is 2.36 bits per heavy atom. The van der Waals surface area contributed by atoms with Crippen LogP contribution < -0.4 is 4.74 Å². The molecule has 1 aromatic carbocycles. The Kier molecular flexibility index (Phi) is 9.34. The highest BCUT2D eigenvalue weighted by molar-refractivity contribution is 5.75. The average Bonchev–Trinajstić information content (AvgIpc) is 3.10. The molecule has 0 aliphatic heterocycles. The number of nitrogens with one attached hydrogen (secondary N) is 1. The van der Waals surface area contributed by atoms with Gasteiger partial charge in [0.25, 0.3) is 0 Å². The highest BCUT2D eigenvalue weighted by Crippen LogP contribution is 2.18. The number of aromatic amines is 1. The van der Waals surface area contributed by atoms with Crippen LogP contribution in [0, 0.1) is 0 Å². The molecule has 1 heterocycles. The highest BCUT2D eigenvalue weighted by Gasteiger charge is 1.99. The van der Waals surface area contributed by atoms with Crippen LogP contribution in [0.25, 0.3) is 21.5 Å². The molecule has 0 amide bonds. The van der Waals surface area contributed by atoms with Crippen LogP contribution in [0.2, 0.25) is 0 Å². The van der Waals surface area contributed by atoms with Crippen LogP contribution in [0.5, 0.6) is 5.75 Å². The van der Waals surface area contributed by atoms with Crippen molar-refractivity contribution in [2.24, 2.45) is 5.11 Å². The summed E-state index contributed by atoms with van der Waals surface area (Å²) < 4.78 is 5.81. The molecule has 6 heteroatoms. The molecule has 0 spiro atoms. The van der Waals surface area contributed by atoms with Crippen molar-refractivity contribution >= 4 is 11.0 Å². The van der Waals surface area contributed by atoms with Gasteiger partial charge in [-0.05, 0) is 30.5 Å². The Morgan fingerprint density at radius 2 is 1.64 bits per heavy atom. The number of nitrogens with zero attached hydrogens (tertiary/aromatic N) is 4. The second-order valence-corrected chi connectivity index (χ2v) is 6.42. The van der Waals surface area contributed by atoms with E-state index in [0.29, 0.717) is 6.54 Å². The molecule has 0 radical (unpaired) electrons. The van der Waals surface area contributed by atoms with Crippen molar-refractivity contribution in [3.63, 3.8) is 0 Å². The predicted molar refractivity (Wildman–Crippen MR) is 102 cm³/mol. The molecule has 25 heavy (non-hydrogen) atoms. The second kappa shape index (κ2) is 12.2. The topological polar surface area (TPSA) is 86.7 Å². The first kappa shape index (κ1) is 19.1. The molecular formula is C19H29N5O. The van der Waals surface area contributed by atoms with E-state index in [2.05, 4.69) is 20.0 Å². The van der Waals surface area contributed by atoms with Crippen molar-refractivity contribution in [1.82, 2.24) is 9.97 Å². The standard InChI is InChI=1S/C19H29N5O/c20-24-23-13-9-7-5-3-1-2-4-6-8-10-14-25-17-11-12-18-19(15-17)22-16-21-18/h11-12,15-16H,1-10,13-14H2,(H,21,22). The van der Waals surface area contributed by atoms with Crippen LogP contribution >= 0.6 is 0 Å². The zero-order chi connectivity index (χ0) is 17.6. The molecule has 0 aliphatic rings. The third-order valence-corrected chi connectivity index (χ3v) is 4.38. The number of rotatable bonds is 14. The third-order valence-electron chi connectivity index (χ3n) is 4.38. The number of benzene rings is 1. The summed E-state index contributed by atoms with van der Waals surface area (Å²) in [7, 11) is 0. The number of imidazole rings is 1. The molecule has 2 rings (SSSR count). The minimum atomic E-state index is 0.647. The maximum Gasteiger partial charge on any atom is 0.121 e. The maximum absolute atomic E-state index is 8.18. The van der Waals surface area contributed by atoms with Crippen LogP contribution in [0.1, 0.15) is 64.2 Å². The van der Waals surface area contributed by atoms with Gasteiger partial charge in [0.15, 0.2) is 0 Å². The molecular weight excluding hydrogens is 314 g/mol.